The van der Waals surface area contributed by atoms with E-state index in [4.69, 9.17) is 9.84 Å². The van der Waals surface area contributed by atoms with Gasteiger partial charge in [-0.2, -0.15) is 0 Å². The van der Waals surface area contributed by atoms with Gasteiger partial charge < -0.3 is 19.9 Å². The fourth-order valence-electron chi connectivity index (χ4n) is 3.85. The van der Waals surface area contributed by atoms with Crippen LogP contribution in [0.4, 0.5) is 8.78 Å². The molecule has 3 heterocycles. The van der Waals surface area contributed by atoms with Crippen LogP contribution in [0.25, 0.3) is 27.7 Å². The predicted octanol–water partition coefficient (Wildman–Crippen LogP) is 2.96. The molecule has 0 saturated heterocycles. The third-order valence-electron chi connectivity index (χ3n) is 5.40. The standard InChI is InChI=1S/C22H23F2N3O3/c1-30-19-3-2-17(23)21(24)20(19)15-4-7-25-22-16(15)10-18(26-22)13-5-8-27(9-6-13)11-14(29)12-28/h2-5,7,10,14,28-29H,6,8-9,11-12H2,1H3,(H,25,26). The van der Waals surface area contributed by atoms with E-state index in [9.17, 15) is 13.9 Å². The third-order valence-corrected chi connectivity index (χ3v) is 5.40. The average molecular weight is 415 g/mol. The van der Waals surface area contributed by atoms with Gasteiger partial charge >= 0.3 is 0 Å². The van der Waals surface area contributed by atoms with Crippen LogP contribution in [0.2, 0.25) is 0 Å². The highest BCUT2D eigenvalue weighted by Gasteiger charge is 2.21. The van der Waals surface area contributed by atoms with Gasteiger partial charge in [0.25, 0.3) is 0 Å². The highest BCUT2D eigenvalue weighted by molar-refractivity contribution is 5.97. The largest absolute Gasteiger partial charge is 0.496 e. The van der Waals surface area contributed by atoms with Crippen molar-refractivity contribution < 1.29 is 23.7 Å². The Kier molecular flexibility index (Phi) is 5.80. The first-order valence-electron chi connectivity index (χ1n) is 9.72. The maximum atomic E-state index is 14.7. The van der Waals surface area contributed by atoms with E-state index >= 15 is 0 Å². The van der Waals surface area contributed by atoms with Crippen molar-refractivity contribution in [1.82, 2.24) is 14.9 Å². The van der Waals surface area contributed by atoms with Gasteiger partial charge in [-0.25, -0.2) is 13.8 Å². The summed E-state index contributed by atoms with van der Waals surface area (Å²) >= 11 is 0. The van der Waals surface area contributed by atoms with E-state index in [1.54, 1.807) is 12.3 Å². The summed E-state index contributed by atoms with van der Waals surface area (Å²) < 4.78 is 33.9. The molecule has 1 unspecified atom stereocenters. The summed E-state index contributed by atoms with van der Waals surface area (Å²) in [6.45, 7) is 1.54. The fraction of sp³-hybridized carbons (Fsp3) is 0.318. The molecule has 0 bridgehead atoms. The highest BCUT2D eigenvalue weighted by atomic mass is 19.2. The number of aromatic amines is 1. The van der Waals surface area contributed by atoms with E-state index in [0.29, 0.717) is 29.7 Å². The van der Waals surface area contributed by atoms with Crippen molar-refractivity contribution >= 4 is 16.6 Å². The number of benzene rings is 1. The number of hydrogen-bond donors (Lipinski definition) is 3. The number of halogens is 2. The monoisotopic (exact) mass is 415 g/mol. The molecular formula is C22H23F2N3O3. The Balaban J connectivity index is 1.70. The second-order valence-electron chi connectivity index (χ2n) is 7.32. The van der Waals surface area contributed by atoms with Crippen LogP contribution in [0, 0.1) is 11.6 Å². The molecular weight excluding hydrogens is 392 g/mol. The number of nitrogens with zero attached hydrogens (tertiary/aromatic N) is 2. The number of methoxy groups -OCH3 is 1. The van der Waals surface area contributed by atoms with Crippen molar-refractivity contribution in [2.75, 3.05) is 33.4 Å². The molecule has 0 fully saturated rings. The lowest BCUT2D eigenvalue weighted by molar-refractivity contribution is 0.0623. The van der Waals surface area contributed by atoms with Gasteiger partial charge in [0.05, 0.1) is 25.4 Å². The number of H-pyrrole nitrogens is 1. The zero-order valence-corrected chi connectivity index (χ0v) is 16.5. The van der Waals surface area contributed by atoms with Gasteiger partial charge in [0.15, 0.2) is 11.6 Å². The minimum absolute atomic E-state index is 0.0669. The summed E-state index contributed by atoms with van der Waals surface area (Å²) in [7, 11) is 1.42. The number of β-amino-alcohol motifs (C(OH)–C–C–N with tert-alkyl or cyclic N) is 1. The summed E-state index contributed by atoms with van der Waals surface area (Å²) in [4.78, 5) is 9.67. The van der Waals surface area contributed by atoms with E-state index in [1.807, 2.05) is 6.07 Å². The Morgan fingerprint density at radius 3 is 2.83 bits per heavy atom. The van der Waals surface area contributed by atoms with Crippen LogP contribution in [0.5, 0.6) is 5.75 Å². The molecule has 4 rings (SSSR count). The summed E-state index contributed by atoms with van der Waals surface area (Å²) in [5, 5.41) is 19.3. The first-order valence-corrected chi connectivity index (χ1v) is 9.72. The number of ether oxygens (including phenoxy) is 1. The van der Waals surface area contributed by atoms with Crippen molar-refractivity contribution in [1.29, 1.82) is 0 Å². The second-order valence-corrected chi connectivity index (χ2v) is 7.32. The molecule has 0 saturated carbocycles. The van der Waals surface area contributed by atoms with Crippen LogP contribution in [0.1, 0.15) is 12.1 Å². The molecule has 158 valence electrons. The van der Waals surface area contributed by atoms with E-state index in [0.717, 1.165) is 30.3 Å². The molecule has 3 aromatic rings. The molecule has 8 heteroatoms. The molecule has 3 N–H and O–H groups in total. The number of aromatic nitrogens is 2. The molecule has 1 aromatic carbocycles. The summed E-state index contributed by atoms with van der Waals surface area (Å²) in [5.74, 6) is -1.65. The average Bonchev–Trinajstić information content (AvgIpc) is 3.20. The Bertz CT molecular complexity index is 1100. The smallest absolute Gasteiger partial charge is 0.170 e. The van der Waals surface area contributed by atoms with Crippen molar-refractivity contribution in [2.45, 2.75) is 12.5 Å². The second kappa shape index (κ2) is 8.51. The Hall–Kier alpha value is -2.81. The normalized spacial score (nSPS) is 16.0. The minimum atomic E-state index is -0.959. The Labute approximate surface area is 172 Å². The quantitative estimate of drug-likeness (QED) is 0.577. The van der Waals surface area contributed by atoms with Crippen LogP contribution in [0.15, 0.2) is 36.5 Å². The first kappa shape index (κ1) is 20.5. The maximum Gasteiger partial charge on any atom is 0.170 e. The zero-order valence-electron chi connectivity index (χ0n) is 16.5. The molecule has 1 aliphatic heterocycles. The number of fused-ring (bicyclic) bond motifs is 1. The SMILES string of the molecule is COc1ccc(F)c(F)c1-c1ccnc2[nH]c(C3=CCN(CC(O)CO)CC3)cc12. The van der Waals surface area contributed by atoms with Crippen molar-refractivity contribution in [3.8, 4) is 16.9 Å². The lowest BCUT2D eigenvalue weighted by Crippen LogP contribution is -2.37. The predicted molar refractivity (Wildman–Crippen MR) is 110 cm³/mol. The van der Waals surface area contributed by atoms with Crippen LogP contribution in [0.3, 0.4) is 0 Å². The van der Waals surface area contributed by atoms with Crippen LogP contribution < -0.4 is 4.74 Å². The van der Waals surface area contributed by atoms with Crippen molar-refractivity contribution in [2.24, 2.45) is 0 Å². The zero-order chi connectivity index (χ0) is 21.3. The number of hydrogen-bond acceptors (Lipinski definition) is 5. The molecule has 0 amide bonds. The lowest BCUT2D eigenvalue weighted by atomic mass is 10.00. The Morgan fingerprint density at radius 1 is 1.30 bits per heavy atom. The molecule has 30 heavy (non-hydrogen) atoms. The Morgan fingerprint density at radius 2 is 2.13 bits per heavy atom. The highest BCUT2D eigenvalue weighted by Crippen LogP contribution is 2.38. The molecule has 6 nitrogen and oxygen atoms in total. The van der Waals surface area contributed by atoms with Gasteiger partial charge in [-0.05, 0) is 36.3 Å². The van der Waals surface area contributed by atoms with Gasteiger partial charge in [-0.1, -0.05) is 6.08 Å². The third kappa shape index (κ3) is 3.81. The van der Waals surface area contributed by atoms with Crippen molar-refractivity contribution in [3.05, 3.63) is 53.9 Å². The van der Waals surface area contributed by atoms with Gasteiger partial charge in [0.1, 0.15) is 11.4 Å². The summed E-state index contributed by atoms with van der Waals surface area (Å²) in [5.41, 5.74) is 3.09. The fourth-order valence-corrected chi connectivity index (χ4v) is 3.85. The lowest BCUT2D eigenvalue weighted by Gasteiger charge is -2.27. The topological polar surface area (TPSA) is 81.6 Å². The minimum Gasteiger partial charge on any atom is -0.496 e. The van der Waals surface area contributed by atoms with E-state index in [-0.39, 0.29) is 17.9 Å². The van der Waals surface area contributed by atoms with Crippen molar-refractivity contribution in [3.63, 3.8) is 0 Å². The van der Waals surface area contributed by atoms with Crippen LogP contribution >= 0.6 is 0 Å². The van der Waals surface area contributed by atoms with Gasteiger partial charge in [0, 0.05) is 42.5 Å². The molecule has 0 radical (unpaired) electrons. The number of nitrogens with one attached hydrogen (secondary N) is 1. The number of aliphatic hydroxyl groups excluding tert-OH is 2. The maximum absolute atomic E-state index is 14.7. The van der Waals surface area contributed by atoms with Gasteiger partial charge in [-0.15, -0.1) is 0 Å². The van der Waals surface area contributed by atoms with Gasteiger partial charge in [-0.3, -0.25) is 4.90 Å². The summed E-state index contributed by atoms with van der Waals surface area (Å²) in [6, 6.07) is 6.00. The summed E-state index contributed by atoms with van der Waals surface area (Å²) in [6.07, 6.45) is 3.60. The van der Waals surface area contributed by atoms with Gasteiger partial charge in [0.2, 0.25) is 0 Å². The molecule has 2 aromatic heterocycles. The number of pyridine rings is 1. The van der Waals surface area contributed by atoms with E-state index < -0.39 is 17.7 Å². The molecule has 0 spiro atoms. The number of aliphatic hydroxyl groups is 2. The van der Waals surface area contributed by atoms with E-state index in [2.05, 4.69) is 20.9 Å². The molecule has 1 aliphatic rings. The number of rotatable bonds is 6. The van der Waals surface area contributed by atoms with E-state index in [1.165, 1.54) is 13.2 Å². The first-order chi connectivity index (χ1) is 14.5. The van der Waals surface area contributed by atoms with Crippen LogP contribution in [-0.4, -0.2) is 64.5 Å². The van der Waals surface area contributed by atoms with Crippen LogP contribution in [-0.2, 0) is 0 Å². The molecule has 1 atom stereocenters. The molecule has 0 aliphatic carbocycles.